The highest BCUT2D eigenvalue weighted by Gasteiger charge is 2.26. The summed E-state index contributed by atoms with van der Waals surface area (Å²) < 4.78 is 1.82. The number of aromatic carboxylic acids is 1. The summed E-state index contributed by atoms with van der Waals surface area (Å²) in [5, 5.41) is 14.5. The molecule has 0 amide bonds. The molecular formula is C21H30N2O2. The number of rotatable bonds is 5. The number of carbonyl (C=O) groups is 1. The SMILES string of the molecule is CC(C)Cc1nn(-c2ccc(C(C)(C)C)cc2)c(C(C)C)c1C(=O)O. The molecule has 0 atom stereocenters. The number of benzene rings is 1. The molecule has 0 aliphatic heterocycles. The Bertz CT molecular complexity index is 747. The van der Waals surface area contributed by atoms with E-state index in [0.717, 1.165) is 11.4 Å². The lowest BCUT2D eigenvalue weighted by atomic mass is 9.87. The van der Waals surface area contributed by atoms with Crippen molar-refractivity contribution in [1.82, 2.24) is 9.78 Å². The van der Waals surface area contributed by atoms with E-state index in [1.807, 2.05) is 30.7 Å². The van der Waals surface area contributed by atoms with Gasteiger partial charge in [0.15, 0.2) is 0 Å². The van der Waals surface area contributed by atoms with Crippen LogP contribution in [0.1, 0.15) is 81.7 Å². The minimum atomic E-state index is -0.892. The first-order valence-corrected chi connectivity index (χ1v) is 8.98. The largest absolute Gasteiger partial charge is 0.478 e. The molecule has 4 heteroatoms. The smallest absolute Gasteiger partial charge is 0.339 e. The number of hydrogen-bond acceptors (Lipinski definition) is 2. The van der Waals surface area contributed by atoms with Gasteiger partial charge in [0.25, 0.3) is 0 Å². The van der Waals surface area contributed by atoms with Crippen LogP contribution in [-0.4, -0.2) is 20.9 Å². The van der Waals surface area contributed by atoms with Gasteiger partial charge in [0.1, 0.15) is 5.56 Å². The van der Waals surface area contributed by atoms with Gasteiger partial charge in [0, 0.05) is 0 Å². The number of aromatic nitrogens is 2. The van der Waals surface area contributed by atoms with Crippen molar-refractivity contribution in [2.75, 3.05) is 0 Å². The molecule has 0 radical (unpaired) electrons. The molecular weight excluding hydrogens is 312 g/mol. The van der Waals surface area contributed by atoms with E-state index in [9.17, 15) is 9.90 Å². The molecule has 2 aromatic rings. The Labute approximate surface area is 150 Å². The second kappa shape index (κ2) is 7.03. The fourth-order valence-electron chi connectivity index (χ4n) is 3.07. The summed E-state index contributed by atoms with van der Waals surface area (Å²) in [5.74, 6) is -0.469. The standard InChI is InChI=1S/C21H30N2O2/c1-13(2)12-17-18(20(24)25)19(14(3)4)23(22-17)16-10-8-15(9-11-16)21(5,6)7/h8-11,13-14H,12H2,1-7H3,(H,24,25). The van der Waals surface area contributed by atoms with Crippen molar-refractivity contribution in [3.05, 3.63) is 46.8 Å². The van der Waals surface area contributed by atoms with Crippen molar-refractivity contribution in [3.8, 4) is 5.69 Å². The van der Waals surface area contributed by atoms with Crippen LogP contribution >= 0.6 is 0 Å². The Hall–Kier alpha value is -2.10. The lowest BCUT2D eigenvalue weighted by molar-refractivity contribution is 0.0694. The van der Waals surface area contributed by atoms with Crippen molar-refractivity contribution < 1.29 is 9.90 Å². The summed E-state index contributed by atoms with van der Waals surface area (Å²) in [6, 6.07) is 8.27. The predicted molar refractivity (Wildman–Crippen MR) is 102 cm³/mol. The maximum Gasteiger partial charge on any atom is 0.339 e. The molecule has 0 saturated heterocycles. The maximum absolute atomic E-state index is 11.9. The molecule has 0 saturated carbocycles. The van der Waals surface area contributed by atoms with E-state index in [2.05, 4.69) is 46.8 Å². The van der Waals surface area contributed by atoms with Gasteiger partial charge in [-0.25, -0.2) is 9.48 Å². The van der Waals surface area contributed by atoms with Crippen LogP contribution in [0, 0.1) is 5.92 Å². The lowest BCUT2D eigenvalue weighted by Crippen LogP contribution is -2.12. The third-order valence-electron chi connectivity index (χ3n) is 4.33. The van der Waals surface area contributed by atoms with Gasteiger partial charge in [-0.15, -0.1) is 0 Å². The average molecular weight is 342 g/mol. The van der Waals surface area contributed by atoms with Crippen LogP contribution in [0.4, 0.5) is 0 Å². The minimum absolute atomic E-state index is 0.0711. The maximum atomic E-state index is 11.9. The van der Waals surface area contributed by atoms with E-state index in [1.54, 1.807) is 0 Å². The molecule has 1 aromatic carbocycles. The van der Waals surface area contributed by atoms with E-state index in [4.69, 9.17) is 5.10 Å². The molecule has 1 aromatic heterocycles. The highest BCUT2D eigenvalue weighted by atomic mass is 16.4. The summed E-state index contributed by atoms with van der Waals surface area (Å²) in [6.45, 7) is 14.7. The Morgan fingerprint density at radius 3 is 2.08 bits per heavy atom. The third-order valence-corrected chi connectivity index (χ3v) is 4.33. The van der Waals surface area contributed by atoms with Crippen LogP contribution in [0.5, 0.6) is 0 Å². The molecule has 0 aliphatic carbocycles. The molecule has 4 nitrogen and oxygen atoms in total. The van der Waals surface area contributed by atoms with Crippen LogP contribution in [0.15, 0.2) is 24.3 Å². The third kappa shape index (κ3) is 4.12. The van der Waals surface area contributed by atoms with E-state index >= 15 is 0 Å². The molecule has 2 rings (SSSR count). The minimum Gasteiger partial charge on any atom is -0.478 e. The van der Waals surface area contributed by atoms with E-state index in [0.29, 0.717) is 23.6 Å². The second-order valence-electron chi connectivity index (χ2n) is 8.47. The van der Waals surface area contributed by atoms with Crippen LogP contribution < -0.4 is 0 Å². The molecule has 0 fully saturated rings. The van der Waals surface area contributed by atoms with E-state index in [-0.39, 0.29) is 11.3 Å². The Morgan fingerprint density at radius 1 is 1.12 bits per heavy atom. The highest BCUT2D eigenvalue weighted by molar-refractivity contribution is 5.90. The molecule has 1 heterocycles. The zero-order chi connectivity index (χ0) is 18.9. The van der Waals surface area contributed by atoms with Gasteiger partial charge in [0.2, 0.25) is 0 Å². The zero-order valence-electron chi connectivity index (χ0n) is 16.4. The van der Waals surface area contributed by atoms with Crippen molar-refractivity contribution in [2.45, 2.75) is 66.2 Å². The monoisotopic (exact) mass is 342 g/mol. The Balaban J connectivity index is 2.62. The van der Waals surface area contributed by atoms with E-state index < -0.39 is 5.97 Å². The van der Waals surface area contributed by atoms with Crippen molar-refractivity contribution >= 4 is 5.97 Å². The van der Waals surface area contributed by atoms with Gasteiger partial charge in [-0.2, -0.15) is 5.10 Å². The van der Waals surface area contributed by atoms with Gasteiger partial charge in [0.05, 0.1) is 17.1 Å². The lowest BCUT2D eigenvalue weighted by Gasteiger charge is -2.19. The van der Waals surface area contributed by atoms with Crippen LogP contribution in [0.25, 0.3) is 5.69 Å². The van der Waals surface area contributed by atoms with Gasteiger partial charge in [-0.1, -0.05) is 60.6 Å². The number of carboxylic acids is 1. The molecule has 1 N–H and O–H groups in total. The van der Waals surface area contributed by atoms with Gasteiger partial charge in [-0.3, -0.25) is 0 Å². The highest BCUT2D eigenvalue weighted by Crippen LogP contribution is 2.29. The fourth-order valence-corrected chi connectivity index (χ4v) is 3.07. The van der Waals surface area contributed by atoms with Gasteiger partial charge in [-0.05, 0) is 41.4 Å². The molecule has 0 bridgehead atoms. The number of nitrogens with zero attached hydrogens (tertiary/aromatic N) is 2. The van der Waals surface area contributed by atoms with E-state index in [1.165, 1.54) is 5.56 Å². The average Bonchev–Trinajstić information content (AvgIpc) is 2.85. The van der Waals surface area contributed by atoms with Crippen molar-refractivity contribution in [2.24, 2.45) is 5.92 Å². The molecule has 136 valence electrons. The van der Waals surface area contributed by atoms with Crippen LogP contribution in [0.3, 0.4) is 0 Å². The van der Waals surface area contributed by atoms with Crippen molar-refractivity contribution in [1.29, 1.82) is 0 Å². The van der Waals surface area contributed by atoms with Gasteiger partial charge < -0.3 is 5.11 Å². The Morgan fingerprint density at radius 2 is 1.68 bits per heavy atom. The normalized spacial score (nSPS) is 12.2. The number of hydrogen-bond donors (Lipinski definition) is 1. The summed E-state index contributed by atoms with van der Waals surface area (Å²) in [6.07, 6.45) is 0.661. The quantitative estimate of drug-likeness (QED) is 0.813. The first kappa shape index (κ1) is 19.2. The topological polar surface area (TPSA) is 55.1 Å². The first-order chi connectivity index (χ1) is 11.5. The predicted octanol–water partition coefficient (Wildman–Crippen LogP) is 5.19. The van der Waals surface area contributed by atoms with Crippen molar-refractivity contribution in [3.63, 3.8) is 0 Å². The summed E-state index contributed by atoms with van der Waals surface area (Å²) in [4.78, 5) is 11.9. The van der Waals surface area contributed by atoms with Gasteiger partial charge >= 0.3 is 5.97 Å². The molecule has 0 unspecified atom stereocenters. The summed E-state index contributed by atoms with van der Waals surface area (Å²) in [5.41, 5.74) is 4.05. The second-order valence-corrected chi connectivity index (χ2v) is 8.47. The van der Waals surface area contributed by atoms with Crippen LogP contribution in [-0.2, 0) is 11.8 Å². The summed E-state index contributed by atoms with van der Waals surface area (Å²) >= 11 is 0. The molecule has 0 aliphatic rings. The zero-order valence-corrected chi connectivity index (χ0v) is 16.4. The first-order valence-electron chi connectivity index (χ1n) is 8.98. The number of carboxylic acid groups (broad SMARTS) is 1. The molecule has 25 heavy (non-hydrogen) atoms. The Kier molecular flexibility index (Phi) is 5.40. The fraction of sp³-hybridized carbons (Fsp3) is 0.524. The summed E-state index contributed by atoms with van der Waals surface area (Å²) in [7, 11) is 0. The van der Waals surface area contributed by atoms with Crippen LogP contribution in [0.2, 0.25) is 0 Å². The molecule has 0 spiro atoms.